The number of rotatable bonds is 8. The molecule has 27 heavy (non-hydrogen) atoms. The van der Waals surface area contributed by atoms with Crippen molar-refractivity contribution < 1.29 is 38.1 Å². The Morgan fingerprint density at radius 2 is 1.78 bits per heavy atom. The van der Waals surface area contributed by atoms with E-state index in [4.69, 9.17) is 23.7 Å². The zero-order valence-electron chi connectivity index (χ0n) is 15.6. The summed E-state index contributed by atoms with van der Waals surface area (Å²) in [7, 11) is 0. The van der Waals surface area contributed by atoms with E-state index in [9.17, 15) is 14.4 Å². The van der Waals surface area contributed by atoms with Crippen LogP contribution in [-0.4, -0.2) is 55.5 Å². The van der Waals surface area contributed by atoms with Gasteiger partial charge in [-0.25, -0.2) is 0 Å². The Morgan fingerprint density at radius 1 is 1.07 bits per heavy atom. The van der Waals surface area contributed by atoms with Gasteiger partial charge in [0.05, 0.1) is 13.2 Å². The van der Waals surface area contributed by atoms with Gasteiger partial charge >= 0.3 is 17.9 Å². The van der Waals surface area contributed by atoms with E-state index in [1.807, 2.05) is 30.3 Å². The summed E-state index contributed by atoms with van der Waals surface area (Å²) in [4.78, 5) is 34.0. The summed E-state index contributed by atoms with van der Waals surface area (Å²) in [6.45, 7) is 3.96. The van der Waals surface area contributed by atoms with Crippen LogP contribution >= 0.6 is 0 Å². The molecule has 1 saturated heterocycles. The van der Waals surface area contributed by atoms with Gasteiger partial charge in [-0.3, -0.25) is 14.4 Å². The van der Waals surface area contributed by atoms with Crippen LogP contribution in [0.4, 0.5) is 0 Å². The molecule has 1 heterocycles. The Labute approximate surface area is 157 Å². The molecule has 0 spiro atoms. The van der Waals surface area contributed by atoms with Gasteiger partial charge in [0.1, 0.15) is 18.8 Å². The molecule has 1 fully saturated rings. The molecule has 1 aliphatic rings. The van der Waals surface area contributed by atoms with Gasteiger partial charge in [-0.1, -0.05) is 30.3 Å². The maximum Gasteiger partial charge on any atom is 0.303 e. The smallest absolute Gasteiger partial charge is 0.303 e. The molecule has 0 unspecified atom stereocenters. The largest absolute Gasteiger partial charge is 0.462 e. The molecule has 0 radical (unpaired) electrons. The summed E-state index contributed by atoms with van der Waals surface area (Å²) >= 11 is 0. The van der Waals surface area contributed by atoms with E-state index in [1.54, 1.807) is 0 Å². The lowest BCUT2D eigenvalue weighted by Gasteiger charge is -2.28. The van der Waals surface area contributed by atoms with Crippen molar-refractivity contribution in [3.8, 4) is 0 Å². The third kappa shape index (κ3) is 6.65. The molecule has 148 valence electrons. The molecule has 1 aromatic rings. The van der Waals surface area contributed by atoms with Crippen molar-refractivity contribution in [3.63, 3.8) is 0 Å². The number of hydrogen-bond acceptors (Lipinski definition) is 8. The van der Waals surface area contributed by atoms with Gasteiger partial charge in [0.2, 0.25) is 0 Å². The van der Waals surface area contributed by atoms with Gasteiger partial charge in [-0.05, 0) is 5.56 Å². The number of carbonyl (C=O) groups is 3. The predicted molar refractivity (Wildman–Crippen MR) is 92.5 cm³/mol. The van der Waals surface area contributed by atoms with Gasteiger partial charge < -0.3 is 23.7 Å². The fourth-order valence-corrected chi connectivity index (χ4v) is 2.82. The third-order valence-electron chi connectivity index (χ3n) is 3.88. The second-order valence-corrected chi connectivity index (χ2v) is 6.16. The maximum absolute atomic E-state index is 11.5. The monoisotopic (exact) mass is 380 g/mol. The van der Waals surface area contributed by atoms with Crippen LogP contribution in [0.25, 0.3) is 0 Å². The zero-order chi connectivity index (χ0) is 19.8. The molecule has 0 N–H and O–H groups in total. The van der Waals surface area contributed by atoms with E-state index in [0.717, 1.165) is 5.56 Å². The summed E-state index contributed by atoms with van der Waals surface area (Å²) in [5, 5.41) is 0. The van der Waals surface area contributed by atoms with Gasteiger partial charge in [0, 0.05) is 20.8 Å². The topological polar surface area (TPSA) is 97.4 Å². The number of ether oxygens (including phenoxy) is 5. The first kappa shape index (κ1) is 20.9. The van der Waals surface area contributed by atoms with Crippen molar-refractivity contribution in [2.24, 2.45) is 0 Å². The van der Waals surface area contributed by atoms with E-state index in [0.29, 0.717) is 0 Å². The number of hydrogen-bond donors (Lipinski definition) is 0. The van der Waals surface area contributed by atoms with Crippen molar-refractivity contribution in [1.82, 2.24) is 0 Å². The molecule has 0 saturated carbocycles. The Morgan fingerprint density at radius 3 is 2.37 bits per heavy atom. The first-order valence-electron chi connectivity index (χ1n) is 8.61. The number of benzene rings is 1. The molecule has 0 aromatic heterocycles. The molecule has 4 atom stereocenters. The number of carbonyl (C=O) groups excluding carboxylic acids is 3. The van der Waals surface area contributed by atoms with Crippen LogP contribution in [0.15, 0.2) is 30.3 Å². The van der Waals surface area contributed by atoms with E-state index < -0.39 is 42.3 Å². The second kappa shape index (κ2) is 10.0. The lowest BCUT2D eigenvalue weighted by Crippen LogP contribution is -2.45. The standard InChI is InChI=1S/C19H24O8/c1-12(20)23-10-16(26-13(2)21)19-18(17(11-25-19)27-14(3)22)24-9-15-7-5-4-6-8-15/h4-8,16-19H,9-11H2,1-3H3/t16-,17+,18-,19+/m0/s1. The normalized spacial score (nSPS) is 22.7. The summed E-state index contributed by atoms with van der Waals surface area (Å²) in [5.74, 6) is -1.53. The van der Waals surface area contributed by atoms with Crippen molar-refractivity contribution in [1.29, 1.82) is 0 Å². The summed E-state index contributed by atoms with van der Waals surface area (Å²) < 4.78 is 27.2. The molecule has 1 aliphatic heterocycles. The van der Waals surface area contributed by atoms with E-state index in [-0.39, 0.29) is 19.8 Å². The quantitative estimate of drug-likeness (QED) is 0.493. The Balaban J connectivity index is 2.14. The highest BCUT2D eigenvalue weighted by atomic mass is 16.6. The maximum atomic E-state index is 11.5. The average molecular weight is 380 g/mol. The molecule has 0 amide bonds. The molecule has 2 rings (SSSR count). The van der Waals surface area contributed by atoms with Crippen molar-refractivity contribution in [2.75, 3.05) is 13.2 Å². The first-order chi connectivity index (χ1) is 12.9. The second-order valence-electron chi connectivity index (χ2n) is 6.16. The molecule has 0 aliphatic carbocycles. The molecule has 8 nitrogen and oxygen atoms in total. The molecule has 0 bridgehead atoms. The Kier molecular flexibility index (Phi) is 7.75. The fourth-order valence-electron chi connectivity index (χ4n) is 2.82. The summed E-state index contributed by atoms with van der Waals surface area (Å²) in [6.07, 6.45) is -2.98. The van der Waals surface area contributed by atoms with Gasteiger partial charge in [-0.15, -0.1) is 0 Å². The first-order valence-corrected chi connectivity index (χ1v) is 8.61. The lowest BCUT2D eigenvalue weighted by atomic mass is 10.1. The van der Waals surface area contributed by atoms with Crippen molar-refractivity contribution in [3.05, 3.63) is 35.9 Å². The van der Waals surface area contributed by atoms with Gasteiger partial charge in [0.25, 0.3) is 0 Å². The number of esters is 3. The molecular formula is C19H24O8. The highest BCUT2D eigenvalue weighted by Crippen LogP contribution is 2.26. The van der Waals surface area contributed by atoms with E-state index >= 15 is 0 Å². The summed E-state index contributed by atoms with van der Waals surface area (Å²) in [6, 6.07) is 9.45. The molecular weight excluding hydrogens is 356 g/mol. The van der Waals surface area contributed by atoms with Crippen LogP contribution in [0, 0.1) is 0 Å². The fraction of sp³-hybridized carbons (Fsp3) is 0.526. The van der Waals surface area contributed by atoms with Crippen molar-refractivity contribution in [2.45, 2.75) is 51.8 Å². The minimum atomic E-state index is -0.882. The van der Waals surface area contributed by atoms with E-state index in [2.05, 4.69) is 0 Å². The summed E-state index contributed by atoms with van der Waals surface area (Å²) in [5.41, 5.74) is 0.925. The van der Waals surface area contributed by atoms with Crippen molar-refractivity contribution >= 4 is 17.9 Å². The minimum Gasteiger partial charge on any atom is -0.462 e. The SMILES string of the molecule is CC(=O)OC[C@H](OC(C)=O)[C@H]1OC[C@@H](OC(C)=O)[C@@H]1OCc1ccccc1. The van der Waals surface area contributed by atoms with Crippen LogP contribution in [-0.2, 0) is 44.7 Å². The van der Waals surface area contributed by atoms with Crippen LogP contribution < -0.4 is 0 Å². The highest BCUT2D eigenvalue weighted by molar-refractivity contribution is 5.67. The van der Waals surface area contributed by atoms with Crippen LogP contribution in [0.5, 0.6) is 0 Å². The predicted octanol–water partition coefficient (Wildman–Crippen LogP) is 1.40. The highest BCUT2D eigenvalue weighted by Gasteiger charge is 2.46. The molecule has 8 heteroatoms. The Hall–Kier alpha value is -2.45. The Bertz CT molecular complexity index is 644. The van der Waals surface area contributed by atoms with Crippen LogP contribution in [0.1, 0.15) is 26.3 Å². The third-order valence-corrected chi connectivity index (χ3v) is 3.88. The molecule has 1 aromatic carbocycles. The minimum absolute atomic E-state index is 0.0849. The van der Waals surface area contributed by atoms with Crippen LogP contribution in [0.2, 0.25) is 0 Å². The van der Waals surface area contributed by atoms with Crippen LogP contribution in [0.3, 0.4) is 0 Å². The zero-order valence-corrected chi connectivity index (χ0v) is 15.6. The lowest BCUT2D eigenvalue weighted by molar-refractivity contribution is -0.172. The average Bonchev–Trinajstić information content (AvgIpc) is 2.99. The van der Waals surface area contributed by atoms with Gasteiger partial charge in [0.15, 0.2) is 12.2 Å². The van der Waals surface area contributed by atoms with Gasteiger partial charge in [-0.2, -0.15) is 0 Å². The van der Waals surface area contributed by atoms with E-state index in [1.165, 1.54) is 20.8 Å².